The van der Waals surface area contributed by atoms with E-state index in [4.69, 9.17) is 4.43 Å². The molecule has 1 atom stereocenters. The monoisotopic (exact) mass is 282 g/mol. The highest BCUT2D eigenvalue weighted by atomic mass is 28.4. The van der Waals surface area contributed by atoms with E-state index >= 15 is 0 Å². The third-order valence-corrected chi connectivity index (χ3v) is 9.18. The van der Waals surface area contributed by atoms with E-state index in [0.29, 0.717) is 5.54 Å². The third kappa shape index (κ3) is 2.13. The quantitative estimate of drug-likeness (QED) is 0.768. The van der Waals surface area contributed by atoms with Crippen molar-refractivity contribution in [2.75, 3.05) is 0 Å². The van der Waals surface area contributed by atoms with Gasteiger partial charge in [-0.2, -0.15) is 0 Å². The van der Waals surface area contributed by atoms with Gasteiger partial charge in [0, 0.05) is 0 Å². The van der Waals surface area contributed by atoms with Crippen LogP contribution in [-0.2, 0) is 4.43 Å². The fraction of sp³-hybridized carbons (Fsp3) is 0.333. The molecular formula is C18H22OSi. The van der Waals surface area contributed by atoms with Gasteiger partial charge in [0.1, 0.15) is 0 Å². The summed E-state index contributed by atoms with van der Waals surface area (Å²) in [5.74, 6) is 0. The average Bonchev–Trinajstić information content (AvgIpc) is 2.71. The zero-order valence-electron chi connectivity index (χ0n) is 12.5. The van der Waals surface area contributed by atoms with Crippen molar-refractivity contribution in [2.45, 2.75) is 38.3 Å². The van der Waals surface area contributed by atoms with Crippen molar-refractivity contribution in [3.05, 3.63) is 60.7 Å². The molecule has 0 aromatic heterocycles. The number of benzene rings is 2. The molecule has 3 rings (SSSR count). The maximum atomic E-state index is 6.76. The molecule has 1 heterocycles. The van der Waals surface area contributed by atoms with Crippen molar-refractivity contribution >= 4 is 18.7 Å². The second-order valence-electron chi connectivity index (χ2n) is 6.43. The van der Waals surface area contributed by atoms with Gasteiger partial charge in [-0.05, 0) is 36.2 Å². The normalized spacial score (nSPS) is 23.6. The van der Waals surface area contributed by atoms with Gasteiger partial charge in [-0.3, -0.25) is 0 Å². The first-order valence-electron chi connectivity index (χ1n) is 7.36. The number of hydrogen-bond donors (Lipinski definition) is 0. The highest BCUT2D eigenvalue weighted by Crippen LogP contribution is 2.42. The topological polar surface area (TPSA) is 9.23 Å². The fourth-order valence-corrected chi connectivity index (χ4v) is 8.70. The summed E-state index contributed by atoms with van der Waals surface area (Å²) in [4.78, 5) is 0. The smallest absolute Gasteiger partial charge is 0.259 e. The third-order valence-electron chi connectivity index (χ3n) is 4.33. The SMILES string of the molecule is CC1CC(C)(C)O[Si]1(c1ccccc1)c1ccccc1. The standard InChI is InChI=1S/C18H22OSi/c1-15-14-18(2,3)19-20(15,16-10-6-4-7-11-16)17-12-8-5-9-13-17/h4-13,15H,14H2,1-3H3. The summed E-state index contributed by atoms with van der Waals surface area (Å²) in [6.45, 7) is 6.81. The van der Waals surface area contributed by atoms with Crippen LogP contribution in [-0.4, -0.2) is 13.9 Å². The average molecular weight is 282 g/mol. The minimum Gasteiger partial charge on any atom is -0.403 e. The maximum Gasteiger partial charge on any atom is 0.259 e. The first-order valence-corrected chi connectivity index (χ1v) is 9.34. The van der Waals surface area contributed by atoms with Gasteiger partial charge in [-0.25, -0.2) is 0 Å². The second kappa shape index (κ2) is 4.87. The summed E-state index contributed by atoms with van der Waals surface area (Å²) in [5.41, 5.74) is 0.555. The molecule has 20 heavy (non-hydrogen) atoms. The Morgan fingerprint density at radius 1 is 0.900 bits per heavy atom. The van der Waals surface area contributed by atoms with E-state index in [1.165, 1.54) is 10.4 Å². The Kier molecular flexibility index (Phi) is 3.31. The fourth-order valence-electron chi connectivity index (χ4n) is 3.68. The van der Waals surface area contributed by atoms with Crippen LogP contribution in [0.15, 0.2) is 60.7 Å². The molecule has 2 aromatic rings. The molecule has 1 saturated heterocycles. The summed E-state index contributed by atoms with van der Waals surface area (Å²) < 4.78 is 6.76. The molecule has 0 spiro atoms. The molecule has 1 unspecified atom stereocenters. The van der Waals surface area contributed by atoms with Crippen molar-refractivity contribution in [3.8, 4) is 0 Å². The van der Waals surface area contributed by atoms with Crippen molar-refractivity contribution < 1.29 is 4.43 Å². The Morgan fingerprint density at radius 2 is 1.35 bits per heavy atom. The van der Waals surface area contributed by atoms with Gasteiger partial charge in [-0.1, -0.05) is 67.6 Å². The minimum atomic E-state index is -2.12. The molecule has 1 aliphatic rings. The highest BCUT2D eigenvalue weighted by molar-refractivity contribution is 6.99. The van der Waals surface area contributed by atoms with Gasteiger partial charge in [0.2, 0.25) is 0 Å². The molecule has 1 aliphatic heterocycles. The molecule has 0 radical (unpaired) electrons. The predicted octanol–water partition coefficient (Wildman–Crippen LogP) is 3.34. The van der Waals surface area contributed by atoms with Crippen LogP contribution in [0.25, 0.3) is 0 Å². The van der Waals surface area contributed by atoms with Crippen molar-refractivity contribution in [3.63, 3.8) is 0 Å². The van der Waals surface area contributed by atoms with Gasteiger partial charge in [-0.15, -0.1) is 0 Å². The van der Waals surface area contributed by atoms with E-state index in [9.17, 15) is 0 Å². The van der Waals surface area contributed by atoms with Crippen molar-refractivity contribution in [1.82, 2.24) is 0 Å². The van der Waals surface area contributed by atoms with Gasteiger partial charge >= 0.3 is 0 Å². The molecule has 0 bridgehead atoms. The van der Waals surface area contributed by atoms with E-state index in [2.05, 4.69) is 81.4 Å². The van der Waals surface area contributed by atoms with Crippen LogP contribution in [0.1, 0.15) is 27.2 Å². The van der Waals surface area contributed by atoms with Crippen LogP contribution in [0.3, 0.4) is 0 Å². The lowest BCUT2D eigenvalue weighted by Crippen LogP contribution is -2.61. The first kappa shape index (κ1) is 13.6. The van der Waals surface area contributed by atoms with E-state index < -0.39 is 8.32 Å². The van der Waals surface area contributed by atoms with Crippen LogP contribution in [0.5, 0.6) is 0 Å². The maximum absolute atomic E-state index is 6.76. The van der Waals surface area contributed by atoms with E-state index in [0.717, 1.165) is 6.42 Å². The molecule has 1 fully saturated rings. The lowest BCUT2D eigenvalue weighted by molar-refractivity contribution is 0.131. The van der Waals surface area contributed by atoms with Crippen LogP contribution in [0.2, 0.25) is 5.54 Å². The minimum absolute atomic E-state index is 0.0304. The molecular weight excluding hydrogens is 260 g/mol. The Balaban J connectivity index is 2.20. The Labute approximate surface area is 122 Å². The summed E-state index contributed by atoms with van der Waals surface area (Å²) in [5, 5.41) is 2.79. The number of hydrogen-bond acceptors (Lipinski definition) is 1. The first-order chi connectivity index (χ1) is 9.55. The zero-order chi connectivity index (χ0) is 14.2. The molecule has 1 nitrogen and oxygen atoms in total. The summed E-state index contributed by atoms with van der Waals surface area (Å²) in [6.07, 6.45) is 1.13. The second-order valence-corrected chi connectivity index (χ2v) is 10.3. The zero-order valence-corrected chi connectivity index (χ0v) is 13.5. The van der Waals surface area contributed by atoms with Crippen LogP contribution in [0, 0.1) is 0 Å². The largest absolute Gasteiger partial charge is 0.403 e. The van der Waals surface area contributed by atoms with Gasteiger partial charge < -0.3 is 4.43 Å². The van der Waals surface area contributed by atoms with Crippen molar-refractivity contribution in [2.24, 2.45) is 0 Å². The summed E-state index contributed by atoms with van der Waals surface area (Å²) >= 11 is 0. The summed E-state index contributed by atoms with van der Waals surface area (Å²) in [7, 11) is -2.12. The molecule has 0 saturated carbocycles. The van der Waals surface area contributed by atoms with E-state index in [1.54, 1.807) is 0 Å². The van der Waals surface area contributed by atoms with Crippen LogP contribution >= 0.6 is 0 Å². The van der Waals surface area contributed by atoms with Crippen molar-refractivity contribution in [1.29, 1.82) is 0 Å². The predicted molar refractivity (Wildman–Crippen MR) is 87.1 cm³/mol. The lowest BCUT2D eigenvalue weighted by atomic mass is 10.0. The summed E-state index contributed by atoms with van der Waals surface area (Å²) in [6, 6.07) is 21.7. The van der Waals surface area contributed by atoms with Crippen LogP contribution < -0.4 is 10.4 Å². The Hall–Kier alpha value is -1.38. The Morgan fingerprint density at radius 3 is 1.70 bits per heavy atom. The molecule has 0 amide bonds. The van der Waals surface area contributed by atoms with Gasteiger partial charge in [0.25, 0.3) is 8.32 Å². The van der Waals surface area contributed by atoms with E-state index in [1.807, 2.05) is 0 Å². The molecule has 2 aromatic carbocycles. The molecule has 0 N–H and O–H groups in total. The molecule has 0 aliphatic carbocycles. The van der Waals surface area contributed by atoms with Crippen LogP contribution in [0.4, 0.5) is 0 Å². The van der Waals surface area contributed by atoms with Gasteiger partial charge in [0.15, 0.2) is 0 Å². The highest BCUT2D eigenvalue weighted by Gasteiger charge is 2.54. The van der Waals surface area contributed by atoms with E-state index in [-0.39, 0.29) is 5.60 Å². The molecule has 2 heteroatoms. The lowest BCUT2D eigenvalue weighted by Gasteiger charge is -2.33. The van der Waals surface area contributed by atoms with Gasteiger partial charge in [0.05, 0.1) is 5.60 Å². The Bertz CT molecular complexity index is 537. The number of rotatable bonds is 2. The molecule has 104 valence electrons.